The Bertz CT molecular complexity index is 833. The Morgan fingerprint density at radius 1 is 1.20 bits per heavy atom. The average Bonchev–Trinajstić information content (AvgIpc) is 3.34. The van der Waals surface area contributed by atoms with Crippen molar-refractivity contribution in [3.63, 3.8) is 0 Å². The van der Waals surface area contributed by atoms with E-state index >= 15 is 0 Å². The number of hydrogen-bond donors (Lipinski definition) is 0. The molecule has 6 nitrogen and oxygen atoms in total. The number of carbonyl (C=O) groups is 3. The standard InChI is InChI=1S/C24H30N2O4/c1-4-14-25(15-5-2)21(27)16-24(19-12-8-9-13-20(19)30-3)17-22(28)26(23(24)29)18-10-6-7-11-18/h4-5,8-9,12-13,18H,1-2,6-7,10-11,14-17H2,3H3/t24-/m0/s1. The summed E-state index contributed by atoms with van der Waals surface area (Å²) in [6.45, 7) is 8.12. The summed E-state index contributed by atoms with van der Waals surface area (Å²) in [6, 6.07) is 7.11. The molecule has 1 aromatic carbocycles. The van der Waals surface area contributed by atoms with Crippen LogP contribution in [-0.2, 0) is 19.8 Å². The molecule has 0 aromatic heterocycles. The molecule has 0 unspecified atom stereocenters. The van der Waals surface area contributed by atoms with Crippen molar-refractivity contribution >= 4 is 17.7 Å². The first kappa shape index (κ1) is 21.8. The van der Waals surface area contributed by atoms with E-state index in [2.05, 4.69) is 13.2 Å². The zero-order valence-corrected chi connectivity index (χ0v) is 17.6. The number of para-hydroxylation sites is 1. The van der Waals surface area contributed by atoms with Gasteiger partial charge in [0.1, 0.15) is 5.75 Å². The molecule has 1 aliphatic heterocycles. The summed E-state index contributed by atoms with van der Waals surface area (Å²) in [4.78, 5) is 43.1. The third kappa shape index (κ3) is 3.91. The summed E-state index contributed by atoms with van der Waals surface area (Å²) >= 11 is 0. The first-order valence-corrected chi connectivity index (χ1v) is 10.5. The van der Waals surface area contributed by atoms with Crippen molar-refractivity contribution < 1.29 is 19.1 Å². The number of benzene rings is 1. The number of methoxy groups -OCH3 is 1. The molecule has 0 radical (unpaired) electrons. The van der Waals surface area contributed by atoms with Crippen molar-refractivity contribution in [3.8, 4) is 5.75 Å². The van der Waals surface area contributed by atoms with Crippen LogP contribution in [0.25, 0.3) is 0 Å². The van der Waals surface area contributed by atoms with Crippen LogP contribution in [-0.4, -0.2) is 53.8 Å². The highest BCUT2D eigenvalue weighted by Crippen LogP contribution is 2.46. The monoisotopic (exact) mass is 410 g/mol. The SMILES string of the molecule is C=CCN(CC=C)C(=O)C[C@@]1(c2ccccc2OC)CC(=O)N(C2CCCC2)C1=O. The van der Waals surface area contributed by atoms with Crippen molar-refractivity contribution in [2.24, 2.45) is 0 Å². The number of hydrogen-bond acceptors (Lipinski definition) is 4. The Labute approximate surface area is 178 Å². The fourth-order valence-electron chi connectivity index (χ4n) is 4.74. The molecular formula is C24H30N2O4. The zero-order valence-electron chi connectivity index (χ0n) is 17.6. The molecule has 3 amide bonds. The van der Waals surface area contributed by atoms with Gasteiger partial charge in [0, 0.05) is 37.5 Å². The second-order valence-electron chi connectivity index (χ2n) is 8.02. The quantitative estimate of drug-likeness (QED) is 0.463. The van der Waals surface area contributed by atoms with Crippen LogP contribution in [0, 0.1) is 0 Å². The van der Waals surface area contributed by atoms with Crippen molar-refractivity contribution in [2.45, 2.75) is 50.0 Å². The van der Waals surface area contributed by atoms with Crippen LogP contribution in [0.15, 0.2) is 49.6 Å². The molecule has 2 fully saturated rings. The van der Waals surface area contributed by atoms with E-state index in [9.17, 15) is 14.4 Å². The van der Waals surface area contributed by atoms with Gasteiger partial charge in [0.15, 0.2) is 0 Å². The van der Waals surface area contributed by atoms with E-state index in [1.54, 1.807) is 29.2 Å². The average molecular weight is 411 g/mol. The predicted molar refractivity (Wildman–Crippen MR) is 115 cm³/mol. The molecule has 160 valence electrons. The minimum Gasteiger partial charge on any atom is -0.496 e. The number of nitrogens with zero attached hydrogens (tertiary/aromatic N) is 2. The normalized spacial score (nSPS) is 21.7. The van der Waals surface area contributed by atoms with Gasteiger partial charge in [-0.15, -0.1) is 13.2 Å². The molecule has 1 saturated carbocycles. The Balaban J connectivity index is 2.05. The van der Waals surface area contributed by atoms with Gasteiger partial charge in [-0.3, -0.25) is 19.3 Å². The fourth-order valence-corrected chi connectivity index (χ4v) is 4.74. The van der Waals surface area contributed by atoms with Crippen LogP contribution < -0.4 is 4.74 Å². The van der Waals surface area contributed by atoms with E-state index in [0.717, 1.165) is 25.7 Å². The first-order chi connectivity index (χ1) is 14.5. The lowest BCUT2D eigenvalue weighted by Gasteiger charge is -2.32. The maximum Gasteiger partial charge on any atom is 0.241 e. The molecule has 0 N–H and O–H groups in total. The molecule has 1 heterocycles. The van der Waals surface area contributed by atoms with Crippen molar-refractivity contribution in [3.05, 3.63) is 55.1 Å². The molecule has 2 aliphatic rings. The van der Waals surface area contributed by atoms with E-state index in [1.165, 1.54) is 12.0 Å². The van der Waals surface area contributed by atoms with Crippen LogP contribution in [0.4, 0.5) is 0 Å². The number of ether oxygens (including phenoxy) is 1. The molecule has 0 bridgehead atoms. The Morgan fingerprint density at radius 3 is 2.43 bits per heavy atom. The van der Waals surface area contributed by atoms with Crippen molar-refractivity contribution in [1.29, 1.82) is 0 Å². The lowest BCUT2D eigenvalue weighted by Crippen LogP contribution is -2.46. The largest absolute Gasteiger partial charge is 0.496 e. The molecule has 1 saturated heterocycles. The summed E-state index contributed by atoms with van der Waals surface area (Å²) in [7, 11) is 1.53. The van der Waals surface area contributed by atoms with E-state index in [1.807, 2.05) is 12.1 Å². The van der Waals surface area contributed by atoms with Crippen molar-refractivity contribution in [2.75, 3.05) is 20.2 Å². The maximum absolute atomic E-state index is 13.8. The molecule has 0 spiro atoms. The highest BCUT2D eigenvalue weighted by molar-refractivity contribution is 6.11. The van der Waals surface area contributed by atoms with E-state index in [4.69, 9.17) is 4.74 Å². The second-order valence-corrected chi connectivity index (χ2v) is 8.02. The van der Waals surface area contributed by atoms with E-state index in [-0.39, 0.29) is 36.6 Å². The molecular weight excluding hydrogens is 380 g/mol. The highest BCUT2D eigenvalue weighted by atomic mass is 16.5. The van der Waals surface area contributed by atoms with E-state index < -0.39 is 5.41 Å². The topological polar surface area (TPSA) is 66.9 Å². The van der Waals surface area contributed by atoms with Gasteiger partial charge in [-0.2, -0.15) is 0 Å². The summed E-state index contributed by atoms with van der Waals surface area (Å²) in [5, 5.41) is 0. The molecule has 6 heteroatoms. The van der Waals surface area contributed by atoms with Gasteiger partial charge >= 0.3 is 0 Å². The molecule has 3 rings (SSSR count). The molecule has 1 aliphatic carbocycles. The number of rotatable bonds is 9. The smallest absolute Gasteiger partial charge is 0.241 e. The Kier molecular flexibility index (Phi) is 6.75. The van der Waals surface area contributed by atoms with Gasteiger partial charge in [0.05, 0.1) is 12.5 Å². The van der Waals surface area contributed by atoms with Gasteiger partial charge in [-0.25, -0.2) is 0 Å². The number of imide groups is 1. The van der Waals surface area contributed by atoms with Gasteiger partial charge < -0.3 is 9.64 Å². The summed E-state index contributed by atoms with van der Waals surface area (Å²) in [5.74, 6) is -0.187. The Hall–Kier alpha value is -2.89. The molecule has 1 aromatic rings. The van der Waals surface area contributed by atoms with Gasteiger partial charge in [0.25, 0.3) is 0 Å². The van der Waals surface area contributed by atoms with Crippen LogP contribution in [0.3, 0.4) is 0 Å². The lowest BCUT2D eigenvalue weighted by atomic mass is 9.75. The minimum absolute atomic E-state index is 0.0233. The van der Waals surface area contributed by atoms with Gasteiger partial charge in [-0.05, 0) is 18.9 Å². The Morgan fingerprint density at radius 2 is 1.83 bits per heavy atom. The summed E-state index contributed by atoms with van der Waals surface area (Å²) in [6.07, 6.45) is 6.84. The third-order valence-electron chi connectivity index (χ3n) is 6.17. The second kappa shape index (κ2) is 9.28. The zero-order chi connectivity index (χ0) is 21.7. The van der Waals surface area contributed by atoms with Crippen LogP contribution in [0.1, 0.15) is 44.1 Å². The third-order valence-corrected chi connectivity index (χ3v) is 6.17. The maximum atomic E-state index is 13.8. The van der Waals surface area contributed by atoms with E-state index in [0.29, 0.717) is 24.4 Å². The van der Waals surface area contributed by atoms with Gasteiger partial charge in [0.2, 0.25) is 17.7 Å². The first-order valence-electron chi connectivity index (χ1n) is 10.5. The lowest BCUT2D eigenvalue weighted by molar-refractivity contribution is -0.144. The number of likely N-dealkylation sites (tertiary alicyclic amines) is 1. The molecule has 30 heavy (non-hydrogen) atoms. The summed E-state index contributed by atoms with van der Waals surface area (Å²) < 4.78 is 5.52. The van der Waals surface area contributed by atoms with Crippen LogP contribution >= 0.6 is 0 Å². The predicted octanol–water partition coefficient (Wildman–Crippen LogP) is 3.23. The number of amides is 3. The van der Waals surface area contributed by atoms with Gasteiger partial charge in [-0.1, -0.05) is 43.2 Å². The fraction of sp³-hybridized carbons (Fsp3) is 0.458. The number of carbonyl (C=O) groups excluding carboxylic acids is 3. The van der Waals surface area contributed by atoms with Crippen molar-refractivity contribution in [1.82, 2.24) is 9.80 Å². The highest BCUT2D eigenvalue weighted by Gasteiger charge is 2.56. The minimum atomic E-state index is -1.26. The summed E-state index contributed by atoms with van der Waals surface area (Å²) in [5.41, 5.74) is -0.666. The molecule has 1 atom stereocenters. The van der Waals surface area contributed by atoms with Crippen LogP contribution in [0.5, 0.6) is 5.75 Å². The van der Waals surface area contributed by atoms with Crippen LogP contribution in [0.2, 0.25) is 0 Å².